The van der Waals surface area contributed by atoms with Gasteiger partial charge in [-0.2, -0.15) is 0 Å². The standard InChI is InChI=1S/C22H27N3O2/c1-3-17(18-10-6-5-7-11-18)16-23-21(26)14-15-25-20-13-9-8-12-19(20)24(4-2)22(25)27/h5-13,17H,3-4,14-16H2,1-2H3,(H,23,26)/t17-/m0/s1. The molecule has 3 aromatic rings. The molecule has 0 aliphatic heterocycles. The second-order valence-corrected chi connectivity index (χ2v) is 6.74. The van der Waals surface area contributed by atoms with Crippen LogP contribution in [0.15, 0.2) is 59.4 Å². The Labute approximate surface area is 159 Å². The molecule has 1 heterocycles. The van der Waals surface area contributed by atoms with Crippen molar-refractivity contribution in [3.63, 3.8) is 0 Å². The molecule has 5 heteroatoms. The zero-order valence-electron chi connectivity index (χ0n) is 16.0. The fourth-order valence-electron chi connectivity index (χ4n) is 3.56. The molecular weight excluding hydrogens is 338 g/mol. The Balaban J connectivity index is 1.64. The van der Waals surface area contributed by atoms with E-state index in [-0.39, 0.29) is 11.6 Å². The van der Waals surface area contributed by atoms with E-state index in [1.807, 2.05) is 49.4 Å². The maximum Gasteiger partial charge on any atom is 0.329 e. The number of benzene rings is 2. The maximum absolute atomic E-state index is 12.6. The largest absolute Gasteiger partial charge is 0.355 e. The molecule has 27 heavy (non-hydrogen) atoms. The average molecular weight is 365 g/mol. The Hall–Kier alpha value is -2.82. The number of carbonyl (C=O) groups is 1. The first-order valence-electron chi connectivity index (χ1n) is 9.65. The van der Waals surface area contributed by atoms with Gasteiger partial charge in [-0.15, -0.1) is 0 Å². The van der Waals surface area contributed by atoms with Crippen molar-refractivity contribution in [2.24, 2.45) is 0 Å². The number of imidazole rings is 1. The Morgan fingerprint density at radius 3 is 2.22 bits per heavy atom. The number of amides is 1. The van der Waals surface area contributed by atoms with Crippen molar-refractivity contribution >= 4 is 16.9 Å². The van der Waals surface area contributed by atoms with E-state index in [1.165, 1.54) is 5.56 Å². The summed E-state index contributed by atoms with van der Waals surface area (Å²) in [7, 11) is 0. The molecule has 0 radical (unpaired) electrons. The summed E-state index contributed by atoms with van der Waals surface area (Å²) in [5.74, 6) is 0.282. The first-order chi connectivity index (χ1) is 13.2. The van der Waals surface area contributed by atoms with Gasteiger partial charge in [0.1, 0.15) is 0 Å². The van der Waals surface area contributed by atoms with Crippen molar-refractivity contribution in [3.05, 3.63) is 70.6 Å². The van der Waals surface area contributed by atoms with Crippen molar-refractivity contribution in [1.82, 2.24) is 14.5 Å². The van der Waals surface area contributed by atoms with E-state index in [0.29, 0.717) is 32.0 Å². The van der Waals surface area contributed by atoms with Gasteiger partial charge in [-0.3, -0.25) is 13.9 Å². The first-order valence-corrected chi connectivity index (χ1v) is 9.65. The third-order valence-corrected chi connectivity index (χ3v) is 5.11. The highest BCUT2D eigenvalue weighted by Gasteiger charge is 2.14. The Kier molecular flexibility index (Phi) is 6.12. The van der Waals surface area contributed by atoms with Crippen LogP contribution in [0.1, 0.15) is 38.2 Å². The molecule has 142 valence electrons. The predicted octanol–water partition coefficient (Wildman–Crippen LogP) is 3.52. The van der Waals surface area contributed by atoms with Crippen LogP contribution in [0.5, 0.6) is 0 Å². The van der Waals surface area contributed by atoms with E-state index in [2.05, 4.69) is 24.4 Å². The van der Waals surface area contributed by atoms with Crippen LogP contribution < -0.4 is 11.0 Å². The van der Waals surface area contributed by atoms with Gasteiger partial charge in [-0.1, -0.05) is 49.4 Å². The number of aromatic nitrogens is 2. The van der Waals surface area contributed by atoms with Crippen LogP contribution in [0, 0.1) is 0 Å². The SMILES string of the molecule is CC[C@@H](CNC(=O)CCn1c(=O)n(CC)c2ccccc21)c1ccccc1. The summed E-state index contributed by atoms with van der Waals surface area (Å²) in [4.78, 5) is 25.0. The lowest BCUT2D eigenvalue weighted by Crippen LogP contribution is -2.31. The molecule has 0 saturated carbocycles. The second-order valence-electron chi connectivity index (χ2n) is 6.74. The van der Waals surface area contributed by atoms with Crippen molar-refractivity contribution in [2.45, 2.75) is 45.7 Å². The van der Waals surface area contributed by atoms with Gasteiger partial charge >= 0.3 is 5.69 Å². The molecule has 0 unspecified atom stereocenters. The van der Waals surface area contributed by atoms with Crippen LogP contribution >= 0.6 is 0 Å². The number of nitrogens with one attached hydrogen (secondary N) is 1. The summed E-state index contributed by atoms with van der Waals surface area (Å²) in [6.45, 7) is 5.71. The number of carbonyl (C=O) groups excluding carboxylic acids is 1. The van der Waals surface area contributed by atoms with Crippen LogP contribution in [0.2, 0.25) is 0 Å². The van der Waals surface area contributed by atoms with Gasteiger partial charge in [0.05, 0.1) is 11.0 Å². The number of hydrogen-bond donors (Lipinski definition) is 1. The fraction of sp³-hybridized carbons (Fsp3) is 0.364. The number of aryl methyl sites for hydroxylation is 2. The van der Waals surface area contributed by atoms with Crippen molar-refractivity contribution in [3.8, 4) is 0 Å². The normalized spacial score (nSPS) is 12.2. The minimum atomic E-state index is -0.0535. The summed E-state index contributed by atoms with van der Waals surface area (Å²) >= 11 is 0. The van der Waals surface area contributed by atoms with Gasteiger partial charge in [0, 0.05) is 32.0 Å². The highest BCUT2D eigenvalue weighted by molar-refractivity contribution is 5.78. The fourth-order valence-corrected chi connectivity index (χ4v) is 3.56. The van der Waals surface area contributed by atoms with E-state index in [9.17, 15) is 9.59 Å². The Morgan fingerprint density at radius 1 is 0.963 bits per heavy atom. The van der Waals surface area contributed by atoms with E-state index < -0.39 is 0 Å². The van der Waals surface area contributed by atoms with Gasteiger partial charge in [0.25, 0.3) is 0 Å². The van der Waals surface area contributed by atoms with Crippen molar-refractivity contribution in [2.75, 3.05) is 6.54 Å². The molecule has 1 amide bonds. The van der Waals surface area contributed by atoms with E-state index in [1.54, 1.807) is 9.13 Å². The summed E-state index contributed by atoms with van der Waals surface area (Å²) in [6.07, 6.45) is 1.26. The molecule has 1 N–H and O–H groups in total. The molecule has 0 fully saturated rings. The zero-order valence-corrected chi connectivity index (χ0v) is 16.0. The van der Waals surface area contributed by atoms with Gasteiger partial charge in [0.15, 0.2) is 0 Å². The van der Waals surface area contributed by atoms with Crippen molar-refractivity contribution < 1.29 is 4.79 Å². The summed E-state index contributed by atoms with van der Waals surface area (Å²) in [5, 5.41) is 3.03. The van der Waals surface area contributed by atoms with E-state index >= 15 is 0 Å². The van der Waals surface area contributed by atoms with Crippen LogP contribution in [0.3, 0.4) is 0 Å². The summed E-state index contributed by atoms with van der Waals surface area (Å²) in [5.41, 5.74) is 2.98. The topological polar surface area (TPSA) is 56.0 Å². The molecule has 5 nitrogen and oxygen atoms in total. The number of nitrogens with zero attached hydrogens (tertiary/aromatic N) is 2. The predicted molar refractivity (Wildman–Crippen MR) is 109 cm³/mol. The minimum Gasteiger partial charge on any atom is -0.355 e. The molecule has 1 atom stereocenters. The maximum atomic E-state index is 12.6. The third kappa shape index (κ3) is 4.13. The number of rotatable bonds is 8. The smallest absolute Gasteiger partial charge is 0.329 e. The molecule has 2 aromatic carbocycles. The molecule has 0 bridgehead atoms. The Morgan fingerprint density at radius 2 is 1.59 bits per heavy atom. The molecule has 0 spiro atoms. The first kappa shape index (κ1) is 19.0. The lowest BCUT2D eigenvalue weighted by molar-refractivity contribution is -0.121. The van der Waals surface area contributed by atoms with Gasteiger partial charge in [-0.05, 0) is 31.0 Å². The number of fused-ring (bicyclic) bond motifs is 1. The van der Waals surface area contributed by atoms with Gasteiger partial charge in [0.2, 0.25) is 5.91 Å². The molecule has 0 saturated heterocycles. The Bertz CT molecular complexity index is 957. The highest BCUT2D eigenvalue weighted by atomic mass is 16.2. The molecule has 0 aliphatic carbocycles. The number of para-hydroxylation sites is 2. The van der Waals surface area contributed by atoms with Crippen LogP contribution in [0.4, 0.5) is 0 Å². The molecular formula is C22H27N3O2. The quantitative estimate of drug-likeness (QED) is 0.664. The van der Waals surface area contributed by atoms with Crippen molar-refractivity contribution in [1.29, 1.82) is 0 Å². The van der Waals surface area contributed by atoms with Crippen LogP contribution in [-0.2, 0) is 17.9 Å². The van der Waals surface area contributed by atoms with Crippen LogP contribution in [0.25, 0.3) is 11.0 Å². The van der Waals surface area contributed by atoms with Crippen LogP contribution in [-0.4, -0.2) is 21.6 Å². The molecule has 1 aromatic heterocycles. The number of hydrogen-bond acceptors (Lipinski definition) is 2. The molecule has 0 aliphatic rings. The van der Waals surface area contributed by atoms with E-state index in [0.717, 1.165) is 17.5 Å². The lowest BCUT2D eigenvalue weighted by Gasteiger charge is -2.16. The lowest BCUT2D eigenvalue weighted by atomic mass is 9.96. The van der Waals surface area contributed by atoms with Gasteiger partial charge < -0.3 is 5.32 Å². The van der Waals surface area contributed by atoms with Gasteiger partial charge in [-0.25, -0.2) is 4.79 Å². The molecule has 3 rings (SSSR count). The summed E-state index contributed by atoms with van der Waals surface area (Å²) in [6, 6.07) is 18.0. The average Bonchev–Trinajstić information content (AvgIpc) is 2.98. The minimum absolute atomic E-state index is 0.0235. The monoisotopic (exact) mass is 365 g/mol. The zero-order chi connectivity index (χ0) is 19.2. The second kappa shape index (κ2) is 8.71. The summed E-state index contributed by atoms with van der Waals surface area (Å²) < 4.78 is 3.45. The van der Waals surface area contributed by atoms with E-state index in [4.69, 9.17) is 0 Å². The highest BCUT2D eigenvalue weighted by Crippen LogP contribution is 2.18. The third-order valence-electron chi connectivity index (χ3n) is 5.11.